The Morgan fingerprint density at radius 1 is 1.03 bits per heavy atom. The van der Waals surface area contributed by atoms with Crippen LogP contribution >= 0.6 is 0 Å². The molecule has 1 saturated heterocycles. The molecule has 5 nitrogen and oxygen atoms in total. The van der Waals surface area contributed by atoms with E-state index in [-0.39, 0.29) is 22.8 Å². The quantitative estimate of drug-likeness (QED) is 0.837. The zero-order valence-electron chi connectivity index (χ0n) is 16.6. The summed E-state index contributed by atoms with van der Waals surface area (Å²) in [6, 6.07) is 16.0. The topological polar surface area (TPSA) is 74.7 Å². The fourth-order valence-electron chi connectivity index (χ4n) is 5.03. The molecule has 1 aliphatic carbocycles. The van der Waals surface area contributed by atoms with Gasteiger partial charge in [-0.25, -0.2) is 8.42 Å². The summed E-state index contributed by atoms with van der Waals surface area (Å²) in [5.41, 5.74) is 0.511. The number of hydrogen-bond acceptors (Lipinski definition) is 4. The highest BCUT2D eigenvalue weighted by atomic mass is 32.2. The number of hydrogen-bond donors (Lipinski definition) is 1. The number of amides is 1. The van der Waals surface area contributed by atoms with Gasteiger partial charge in [0.05, 0.1) is 10.5 Å². The highest BCUT2D eigenvalue weighted by Gasteiger charge is 2.50. The van der Waals surface area contributed by atoms with Crippen molar-refractivity contribution in [1.29, 1.82) is 0 Å². The first-order valence-corrected chi connectivity index (χ1v) is 12.1. The van der Waals surface area contributed by atoms with Crippen LogP contribution in [-0.4, -0.2) is 43.2 Å². The lowest BCUT2D eigenvalue weighted by Crippen LogP contribution is -2.58. The summed E-state index contributed by atoms with van der Waals surface area (Å²) in [7, 11) is -3.29. The Balaban J connectivity index is 1.62. The molecule has 154 valence electrons. The van der Waals surface area contributed by atoms with Gasteiger partial charge in [-0.3, -0.25) is 4.79 Å². The van der Waals surface area contributed by atoms with Gasteiger partial charge >= 0.3 is 0 Å². The molecule has 0 bridgehead atoms. The van der Waals surface area contributed by atoms with Crippen LogP contribution < -0.4 is 0 Å². The normalized spacial score (nSPS) is 27.3. The number of benzene rings is 2. The molecule has 29 heavy (non-hydrogen) atoms. The van der Waals surface area contributed by atoms with Crippen molar-refractivity contribution in [3.63, 3.8) is 0 Å². The molecule has 1 amide bonds. The van der Waals surface area contributed by atoms with Crippen molar-refractivity contribution in [2.45, 2.75) is 48.6 Å². The van der Waals surface area contributed by atoms with Gasteiger partial charge in [0.15, 0.2) is 9.84 Å². The highest BCUT2D eigenvalue weighted by molar-refractivity contribution is 7.90. The number of nitrogens with zero attached hydrogens (tertiary/aromatic N) is 1. The molecule has 2 aliphatic rings. The summed E-state index contributed by atoms with van der Waals surface area (Å²) in [6.45, 7) is 0.485. The molecule has 1 aliphatic heterocycles. The summed E-state index contributed by atoms with van der Waals surface area (Å²) in [4.78, 5) is 15.4. The van der Waals surface area contributed by atoms with Crippen LogP contribution in [-0.2, 0) is 15.4 Å². The van der Waals surface area contributed by atoms with Crippen LogP contribution in [0, 0.1) is 5.92 Å². The van der Waals surface area contributed by atoms with Gasteiger partial charge in [-0.05, 0) is 49.1 Å². The third kappa shape index (κ3) is 3.71. The summed E-state index contributed by atoms with van der Waals surface area (Å²) in [5.74, 6) is -0.0799. The zero-order valence-corrected chi connectivity index (χ0v) is 17.4. The third-order valence-corrected chi connectivity index (χ3v) is 7.67. The highest BCUT2D eigenvalue weighted by Crippen LogP contribution is 2.47. The Labute approximate surface area is 172 Å². The molecule has 2 aromatic carbocycles. The Hall–Kier alpha value is -2.18. The maximum absolute atomic E-state index is 13.3. The Kier molecular flexibility index (Phi) is 5.25. The lowest BCUT2D eigenvalue weighted by atomic mass is 9.66. The smallest absolute Gasteiger partial charge is 0.254 e. The number of sulfone groups is 1. The number of carbonyl (C=O) groups excluding carboxylic acids is 1. The molecule has 6 heteroatoms. The maximum atomic E-state index is 13.3. The SMILES string of the molecule is CS(=O)(=O)c1ccc(C(=O)N2CC[C@@](O)(c3ccccc3)[C@@H]3CCCC[C@@H]32)cc1. The van der Waals surface area contributed by atoms with E-state index in [4.69, 9.17) is 0 Å². The fourth-order valence-corrected chi connectivity index (χ4v) is 5.66. The predicted octanol–water partition coefficient (Wildman–Crippen LogP) is 3.38. The van der Waals surface area contributed by atoms with Gasteiger partial charge in [-0.15, -0.1) is 0 Å². The van der Waals surface area contributed by atoms with Gasteiger partial charge in [-0.2, -0.15) is 0 Å². The first-order valence-electron chi connectivity index (χ1n) is 10.2. The van der Waals surface area contributed by atoms with E-state index in [0.717, 1.165) is 37.5 Å². The number of fused-ring (bicyclic) bond motifs is 1. The largest absolute Gasteiger partial charge is 0.385 e. The van der Waals surface area contributed by atoms with Gasteiger partial charge in [0.25, 0.3) is 5.91 Å². The summed E-state index contributed by atoms with van der Waals surface area (Å²) < 4.78 is 23.4. The lowest BCUT2D eigenvalue weighted by molar-refractivity contribution is -0.110. The van der Waals surface area contributed by atoms with Crippen molar-refractivity contribution in [2.24, 2.45) is 5.92 Å². The molecule has 1 N–H and O–H groups in total. The molecular weight excluding hydrogens is 386 g/mol. The molecular formula is C23H27NO4S. The molecule has 1 heterocycles. The Morgan fingerprint density at radius 2 is 1.69 bits per heavy atom. The summed E-state index contributed by atoms with van der Waals surface area (Å²) in [6.07, 6.45) is 5.54. The van der Waals surface area contributed by atoms with Crippen LogP contribution in [0.5, 0.6) is 0 Å². The second-order valence-corrected chi connectivity index (χ2v) is 10.3. The third-order valence-electron chi connectivity index (χ3n) is 6.54. The van der Waals surface area contributed by atoms with E-state index < -0.39 is 15.4 Å². The van der Waals surface area contributed by atoms with Crippen LogP contribution in [0.1, 0.15) is 48.0 Å². The van der Waals surface area contributed by atoms with E-state index >= 15 is 0 Å². The van der Waals surface area contributed by atoms with Crippen LogP contribution in [0.2, 0.25) is 0 Å². The number of carbonyl (C=O) groups is 1. The minimum Gasteiger partial charge on any atom is -0.385 e. The van der Waals surface area contributed by atoms with E-state index in [1.807, 2.05) is 35.2 Å². The van der Waals surface area contributed by atoms with Gasteiger partial charge in [0.1, 0.15) is 0 Å². The molecule has 0 unspecified atom stereocenters. The van der Waals surface area contributed by atoms with Crippen molar-refractivity contribution < 1.29 is 18.3 Å². The minimum atomic E-state index is -3.29. The van der Waals surface area contributed by atoms with E-state index in [2.05, 4.69) is 0 Å². The van der Waals surface area contributed by atoms with Gasteiger partial charge in [0.2, 0.25) is 0 Å². The molecule has 4 rings (SSSR count). The predicted molar refractivity (Wildman–Crippen MR) is 111 cm³/mol. The first kappa shape index (κ1) is 20.1. The summed E-state index contributed by atoms with van der Waals surface area (Å²) in [5, 5.41) is 11.6. The molecule has 1 saturated carbocycles. The van der Waals surface area contributed by atoms with Crippen molar-refractivity contribution in [3.05, 3.63) is 65.7 Å². The van der Waals surface area contributed by atoms with Crippen molar-refractivity contribution in [3.8, 4) is 0 Å². The molecule has 3 atom stereocenters. The standard InChI is InChI=1S/C23H27NO4S/c1-29(27,28)19-13-11-17(12-14-19)22(25)24-16-15-23(26,18-7-3-2-4-8-18)20-9-5-6-10-21(20)24/h2-4,7-8,11-14,20-21,26H,5-6,9-10,15-16H2,1H3/t20-,21+,23-/m1/s1. The van der Waals surface area contributed by atoms with Crippen LogP contribution in [0.3, 0.4) is 0 Å². The van der Waals surface area contributed by atoms with Gasteiger partial charge < -0.3 is 10.0 Å². The van der Waals surface area contributed by atoms with E-state index in [0.29, 0.717) is 18.5 Å². The fraction of sp³-hybridized carbons (Fsp3) is 0.435. The van der Waals surface area contributed by atoms with E-state index in [1.54, 1.807) is 12.1 Å². The molecule has 2 fully saturated rings. The van der Waals surface area contributed by atoms with Crippen LogP contribution in [0.4, 0.5) is 0 Å². The molecule has 0 spiro atoms. The van der Waals surface area contributed by atoms with E-state index in [1.165, 1.54) is 12.1 Å². The number of piperidine rings is 1. The Bertz CT molecular complexity index is 987. The average molecular weight is 414 g/mol. The number of aliphatic hydroxyl groups is 1. The van der Waals surface area contributed by atoms with Crippen molar-refractivity contribution in [2.75, 3.05) is 12.8 Å². The average Bonchev–Trinajstić information content (AvgIpc) is 2.74. The van der Waals surface area contributed by atoms with Crippen LogP contribution in [0.15, 0.2) is 59.5 Å². The monoisotopic (exact) mass is 413 g/mol. The van der Waals surface area contributed by atoms with Crippen LogP contribution in [0.25, 0.3) is 0 Å². The number of likely N-dealkylation sites (tertiary alicyclic amines) is 1. The number of rotatable bonds is 3. The zero-order chi connectivity index (χ0) is 20.6. The second-order valence-electron chi connectivity index (χ2n) is 8.29. The molecule has 0 aromatic heterocycles. The first-order chi connectivity index (χ1) is 13.8. The van der Waals surface area contributed by atoms with Gasteiger partial charge in [0, 0.05) is 30.3 Å². The van der Waals surface area contributed by atoms with Crippen molar-refractivity contribution >= 4 is 15.7 Å². The molecule has 0 radical (unpaired) electrons. The molecule has 2 aromatic rings. The van der Waals surface area contributed by atoms with Crippen molar-refractivity contribution in [1.82, 2.24) is 4.90 Å². The maximum Gasteiger partial charge on any atom is 0.254 e. The van der Waals surface area contributed by atoms with Gasteiger partial charge in [-0.1, -0.05) is 43.2 Å². The second kappa shape index (κ2) is 7.58. The lowest BCUT2D eigenvalue weighted by Gasteiger charge is -2.52. The minimum absolute atomic E-state index is 0.00615. The Morgan fingerprint density at radius 3 is 2.34 bits per heavy atom. The van der Waals surface area contributed by atoms with E-state index in [9.17, 15) is 18.3 Å². The summed E-state index contributed by atoms with van der Waals surface area (Å²) >= 11 is 0.